The molecule has 138 valence electrons. The van der Waals surface area contributed by atoms with Gasteiger partial charge in [0.1, 0.15) is 6.54 Å². The van der Waals surface area contributed by atoms with E-state index in [9.17, 15) is 9.59 Å². The number of methoxy groups -OCH3 is 1. The highest BCUT2D eigenvalue weighted by Crippen LogP contribution is 2.20. The van der Waals surface area contributed by atoms with Gasteiger partial charge >= 0.3 is 5.97 Å². The van der Waals surface area contributed by atoms with Crippen LogP contribution in [0.4, 0.5) is 0 Å². The molecule has 0 aliphatic heterocycles. The molecule has 0 fully saturated rings. The van der Waals surface area contributed by atoms with Crippen LogP contribution in [0.1, 0.15) is 18.1 Å². The average molecular weight is 380 g/mol. The molecule has 0 aliphatic rings. The standard InChI is InChI=1S/C21H20N2O3S/c1-3-15-9-11-17-18(13-15)27-21(23(17)14-20(25)26-2)22-19(24)12-10-16-7-5-4-6-8-16/h4-13H,3,14H2,1-2H3. The van der Waals surface area contributed by atoms with Crippen molar-refractivity contribution in [2.75, 3.05) is 7.11 Å². The van der Waals surface area contributed by atoms with Crippen molar-refractivity contribution < 1.29 is 14.3 Å². The number of hydrogen-bond acceptors (Lipinski definition) is 4. The molecule has 1 aromatic heterocycles. The highest BCUT2D eigenvalue weighted by molar-refractivity contribution is 7.16. The maximum absolute atomic E-state index is 12.3. The summed E-state index contributed by atoms with van der Waals surface area (Å²) in [5.74, 6) is -0.761. The van der Waals surface area contributed by atoms with E-state index in [4.69, 9.17) is 4.74 Å². The summed E-state index contributed by atoms with van der Waals surface area (Å²) in [4.78, 5) is 28.8. The van der Waals surface area contributed by atoms with Gasteiger partial charge in [0.15, 0.2) is 4.80 Å². The monoisotopic (exact) mass is 380 g/mol. The van der Waals surface area contributed by atoms with Crippen LogP contribution < -0.4 is 4.80 Å². The Bertz CT molecular complexity index is 1060. The van der Waals surface area contributed by atoms with Crippen LogP contribution in [0.3, 0.4) is 0 Å². The number of amides is 1. The Hall–Kier alpha value is -2.99. The average Bonchev–Trinajstić information content (AvgIpc) is 3.03. The Balaban J connectivity index is 2.01. The molecule has 0 N–H and O–H groups in total. The van der Waals surface area contributed by atoms with Crippen LogP contribution in [0.2, 0.25) is 0 Å². The van der Waals surface area contributed by atoms with Gasteiger partial charge < -0.3 is 9.30 Å². The number of aromatic nitrogens is 1. The summed E-state index contributed by atoms with van der Waals surface area (Å²) < 4.78 is 7.49. The Morgan fingerprint density at radius 3 is 2.67 bits per heavy atom. The molecule has 0 aliphatic carbocycles. The van der Waals surface area contributed by atoms with E-state index in [2.05, 4.69) is 18.0 Å². The van der Waals surface area contributed by atoms with Crippen LogP contribution >= 0.6 is 11.3 Å². The normalized spacial score (nSPS) is 12.0. The Morgan fingerprint density at radius 2 is 1.96 bits per heavy atom. The van der Waals surface area contributed by atoms with Gasteiger partial charge in [-0.2, -0.15) is 4.99 Å². The third kappa shape index (κ3) is 4.60. The first-order chi connectivity index (χ1) is 13.1. The zero-order valence-electron chi connectivity index (χ0n) is 15.2. The zero-order valence-corrected chi connectivity index (χ0v) is 16.0. The Labute approximate surface area is 161 Å². The van der Waals surface area contributed by atoms with E-state index in [1.165, 1.54) is 30.1 Å². The molecule has 0 atom stereocenters. The Kier molecular flexibility index (Phi) is 5.98. The lowest BCUT2D eigenvalue weighted by atomic mass is 10.2. The summed E-state index contributed by atoms with van der Waals surface area (Å²) in [6.45, 7) is 2.09. The van der Waals surface area contributed by atoms with Gasteiger partial charge in [-0.25, -0.2) is 0 Å². The lowest BCUT2D eigenvalue weighted by Crippen LogP contribution is -2.22. The van der Waals surface area contributed by atoms with E-state index in [0.717, 1.165) is 22.2 Å². The maximum atomic E-state index is 12.3. The number of fused-ring (bicyclic) bond motifs is 1. The number of nitrogens with zero attached hydrogens (tertiary/aromatic N) is 2. The smallest absolute Gasteiger partial charge is 0.325 e. The van der Waals surface area contributed by atoms with Gasteiger partial charge in [-0.15, -0.1) is 0 Å². The van der Waals surface area contributed by atoms with Crippen molar-refractivity contribution in [3.63, 3.8) is 0 Å². The fourth-order valence-corrected chi connectivity index (χ4v) is 3.73. The summed E-state index contributed by atoms with van der Waals surface area (Å²) in [6.07, 6.45) is 4.06. The number of hydrogen-bond donors (Lipinski definition) is 0. The molecule has 3 aromatic rings. The molecule has 0 saturated carbocycles. The number of ether oxygens (including phenoxy) is 1. The Morgan fingerprint density at radius 1 is 1.19 bits per heavy atom. The van der Waals surface area contributed by atoms with Crippen molar-refractivity contribution in [1.29, 1.82) is 0 Å². The number of carbonyl (C=O) groups is 2. The summed E-state index contributed by atoms with van der Waals surface area (Å²) >= 11 is 1.39. The van der Waals surface area contributed by atoms with Crippen molar-refractivity contribution in [1.82, 2.24) is 4.57 Å². The first-order valence-corrected chi connectivity index (χ1v) is 9.43. The van der Waals surface area contributed by atoms with Crippen LogP contribution in [-0.2, 0) is 27.3 Å². The fraction of sp³-hybridized carbons (Fsp3) is 0.190. The van der Waals surface area contributed by atoms with Crippen molar-refractivity contribution in [2.45, 2.75) is 19.9 Å². The molecule has 1 amide bonds. The second-order valence-corrected chi connectivity index (χ2v) is 6.91. The third-order valence-electron chi connectivity index (χ3n) is 4.09. The predicted octanol–water partition coefficient (Wildman–Crippen LogP) is 3.58. The number of benzene rings is 2. The van der Waals surface area contributed by atoms with Gasteiger partial charge in [0, 0.05) is 6.08 Å². The van der Waals surface area contributed by atoms with E-state index in [1.807, 2.05) is 42.5 Å². The summed E-state index contributed by atoms with van der Waals surface area (Å²) in [6, 6.07) is 15.6. The molecule has 0 bridgehead atoms. The first kappa shape index (κ1) is 18.8. The SMILES string of the molecule is CCc1ccc2c(c1)sc(=NC(=O)C=Cc1ccccc1)n2CC(=O)OC. The number of carbonyl (C=O) groups excluding carboxylic acids is 2. The van der Waals surface area contributed by atoms with Crippen molar-refractivity contribution >= 4 is 39.5 Å². The first-order valence-electron chi connectivity index (χ1n) is 8.61. The van der Waals surface area contributed by atoms with E-state index in [1.54, 1.807) is 10.6 Å². The van der Waals surface area contributed by atoms with Crippen LogP contribution in [0.25, 0.3) is 16.3 Å². The van der Waals surface area contributed by atoms with Gasteiger partial charge in [-0.05, 0) is 35.8 Å². The predicted molar refractivity (Wildman–Crippen MR) is 107 cm³/mol. The minimum atomic E-state index is -0.386. The number of esters is 1. The molecule has 27 heavy (non-hydrogen) atoms. The molecule has 2 aromatic carbocycles. The third-order valence-corrected chi connectivity index (χ3v) is 5.14. The van der Waals surface area contributed by atoms with E-state index in [-0.39, 0.29) is 18.4 Å². The second kappa shape index (κ2) is 8.60. The highest BCUT2D eigenvalue weighted by Gasteiger charge is 2.11. The van der Waals surface area contributed by atoms with E-state index in [0.29, 0.717) is 4.80 Å². The topological polar surface area (TPSA) is 60.7 Å². The number of rotatable bonds is 5. The molecular weight excluding hydrogens is 360 g/mol. The summed E-state index contributed by atoms with van der Waals surface area (Å²) in [5.41, 5.74) is 2.98. The van der Waals surface area contributed by atoms with Crippen LogP contribution in [-0.4, -0.2) is 23.6 Å². The molecule has 0 radical (unpaired) electrons. The van der Waals surface area contributed by atoms with Crippen molar-refractivity contribution in [3.05, 3.63) is 70.5 Å². The van der Waals surface area contributed by atoms with Crippen molar-refractivity contribution in [2.24, 2.45) is 4.99 Å². The molecule has 5 nitrogen and oxygen atoms in total. The van der Waals surface area contributed by atoms with Crippen LogP contribution in [0.15, 0.2) is 59.6 Å². The zero-order chi connectivity index (χ0) is 19.2. The van der Waals surface area contributed by atoms with Gasteiger partial charge in [0.05, 0.1) is 17.3 Å². The van der Waals surface area contributed by atoms with Gasteiger partial charge in [0.2, 0.25) is 0 Å². The van der Waals surface area contributed by atoms with Crippen LogP contribution in [0.5, 0.6) is 0 Å². The maximum Gasteiger partial charge on any atom is 0.325 e. The number of thiazole rings is 1. The quantitative estimate of drug-likeness (QED) is 0.502. The van der Waals surface area contributed by atoms with Gasteiger partial charge in [-0.1, -0.05) is 54.7 Å². The number of aryl methyl sites for hydroxylation is 1. The second-order valence-electron chi connectivity index (χ2n) is 5.90. The minimum absolute atomic E-state index is 0.0104. The van der Waals surface area contributed by atoms with Gasteiger partial charge in [0.25, 0.3) is 5.91 Å². The van der Waals surface area contributed by atoms with Crippen molar-refractivity contribution in [3.8, 4) is 0 Å². The summed E-state index contributed by atoms with van der Waals surface area (Å²) in [5, 5.41) is 0. The molecule has 1 heterocycles. The van der Waals surface area contributed by atoms with E-state index >= 15 is 0 Å². The largest absolute Gasteiger partial charge is 0.468 e. The minimum Gasteiger partial charge on any atom is -0.468 e. The molecule has 6 heteroatoms. The molecular formula is C21H20N2O3S. The lowest BCUT2D eigenvalue weighted by Gasteiger charge is -2.04. The summed E-state index contributed by atoms with van der Waals surface area (Å²) in [7, 11) is 1.34. The van der Waals surface area contributed by atoms with E-state index < -0.39 is 0 Å². The fourth-order valence-electron chi connectivity index (χ4n) is 2.63. The lowest BCUT2D eigenvalue weighted by molar-refractivity contribution is -0.141. The molecule has 0 saturated heterocycles. The molecule has 0 spiro atoms. The van der Waals surface area contributed by atoms with Crippen LogP contribution in [0, 0.1) is 0 Å². The highest BCUT2D eigenvalue weighted by atomic mass is 32.1. The van der Waals surface area contributed by atoms with Gasteiger partial charge in [-0.3, -0.25) is 9.59 Å². The molecule has 3 rings (SSSR count). The molecule has 0 unspecified atom stereocenters.